The molecule has 0 radical (unpaired) electrons. The number of rotatable bonds is 6. The van der Waals surface area contributed by atoms with Crippen molar-refractivity contribution in [2.24, 2.45) is 0 Å². The van der Waals surface area contributed by atoms with E-state index in [0.717, 1.165) is 0 Å². The minimum atomic E-state index is -0.828. The summed E-state index contributed by atoms with van der Waals surface area (Å²) in [6, 6.07) is 8.34. The molecule has 1 aromatic heterocycles. The summed E-state index contributed by atoms with van der Waals surface area (Å²) in [4.78, 5) is 22.0. The van der Waals surface area contributed by atoms with Crippen molar-refractivity contribution in [3.63, 3.8) is 0 Å². The molecule has 0 fully saturated rings. The van der Waals surface area contributed by atoms with Gasteiger partial charge in [0.1, 0.15) is 6.26 Å². The summed E-state index contributed by atoms with van der Waals surface area (Å²) in [7, 11) is 0. The lowest BCUT2D eigenvalue weighted by Crippen LogP contribution is -2.19. The zero-order chi connectivity index (χ0) is 14.4. The maximum Gasteiger partial charge on any atom is 0.258 e. The maximum absolute atomic E-state index is 11.8. The third-order valence-electron chi connectivity index (χ3n) is 2.71. The molecule has 1 heterocycles. The highest BCUT2D eigenvalue weighted by atomic mass is 16.3. The topological polar surface area (TPSA) is 91.6 Å². The van der Waals surface area contributed by atoms with Crippen molar-refractivity contribution >= 4 is 18.0 Å². The number of carbonyl (C=O) groups excluding carboxylic acids is 2. The number of anilines is 1. The number of nitrogens with one attached hydrogen (secondary N) is 2. The molecule has 3 N–H and O–H groups in total. The minimum Gasteiger partial charge on any atom is -0.472 e. The van der Waals surface area contributed by atoms with Crippen LogP contribution in [-0.4, -0.2) is 24.0 Å². The van der Waals surface area contributed by atoms with Gasteiger partial charge in [0.2, 0.25) is 6.41 Å². The molecule has 1 atom stereocenters. The normalized spacial score (nSPS) is 11.7. The summed E-state index contributed by atoms with van der Waals surface area (Å²) in [5.41, 5.74) is 1.57. The second kappa shape index (κ2) is 6.53. The van der Waals surface area contributed by atoms with Gasteiger partial charge in [-0.05, 0) is 23.8 Å². The van der Waals surface area contributed by atoms with Gasteiger partial charge in [0.25, 0.3) is 5.91 Å². The fourth-order valence-electron chi connectivity index (χ4n) is 1.70. The van der Waals surface area contributed by atoms with Crippen molar-refractivity contribution in [2.75, 3.05) is 11.9 Å². The highest BCUT2D eigenvalue weighted by Crippen LogP contribution is 2.18. The summed E-state index contributed by atoms with van der Waals surface area (Å²) in [5.74, 6) is -0.295. The Balaban J connectivity index is 2.06. The smallest absolute Gasteiger partial charge is 0.258 e. The Morgan fingerprint density at radius 3 is 2.95 bits per heavy atom. The predicted molar refractivity (Wildman–Crippen MR) is 72.1 cm³/mol. The lowest BCUT2D eigenvalue weighted by atomic mass is 10.1. The fraction of sp³-hybridized carbons (Fsp3) is 0.143. The number of benzene rings is 1. The fourth-order valence-corrected chi connectivity index (χ4v) is 1.70. The number of furan rings is 1. The van der Waals surface area contributed by atoms with E-state index in [2.05, 4.69) is 10.6 Å². The van der Waals surface area contributed by atoms with Crippen molar-refractivity contribution in [1.82, 2.24) is 5.32 Å². The summed E-state index contributed by atoms with van der Waals surface area (Å²) in [6.07, 6.45) is 2.46. The van der Waals surface area contributed by atoms with Crippen molar-refractivity contribution < 1.29 is 19.1 Å². The first kappa shape index (κ1) is 13.8. The molecule has 0 bridgehead atoms. The first-order valence-corrected chi connectivity index (χ1v) is 5.99. The van der Waals surface area contributed by atoms with Crippen LogP contribution in [0.1, 0.15) is 22.0 Å². The molecule has 2 rings (SSSR count). The molecule has 104 valence electrons. The average Bonchev–Trinajstić information content (AvgIpc) is 2.99. The highest BCUT2D eigenvalue weighted by molar-refractivity contribution is 6.04. The van der Waals surface area contributed by atoms with Gasteiger partial charge in [0.15, 0.2) is 0 Å². The number of carbonyl (C=O) groups is 2. The lowest BCUT2D eigenvalue weighted by Gasteiger charge is -2.12. The third kappa shape index (κ3) is 3.46. The van der Waals surface area contributed by atoms with Crippen LogP contribution in [0.25, 0.3) is 0 Å². The number of amides is 2. The Kier molecular flexibility index (Phi) is 4.52. The monoisotopic (exact) mass is 274 g/mol. The predicted octanol–water partition coefficient (Wildman–Crippen LogP) is 1.31. The SMILES string of the molecule is O=CNCC(O)c1cccc(NC(=O)c2ccoc2)c1. The van der Waals surface area contributed by atoms with Crippen LogP contribution in [0, 0.1) is 0 Å². The molecule has 0 saturated heterocycles. The van der Waals surface area contributed by atoms with Crippen LogP contribution in [0.15, 0.2) is 47.3 Å². The molecule has 20 heavy (non-hydrogen) atoms. The first-order chi connectivity index (χ1) is 9.70. The molecule has 0 saturated carbocycles. The molecule has 0 spiro atoms. The van der Waals surface area contributed by atoms with Gasteiger partial charge in [0.05, 0.1) is 17.9 Å². The van der Waals surface area contributed by atoms with E-state index in [1.165, 1.54) is 12.5 Å². The second-order valence-corrected chi connectivity index (χ2v) is 4.13. The summed E-state index contributed by atoms with van der Waals surface area (Å²) in [6.45, 7) is 0.114. The third-order valence-corrected chi connectivity index (χ3v) is 2.71. The van der Waals surface area contributed by atoms with E-state index < -0.39 is 6.10 Å². The number of hydrogen-bond donors (Lipinski definition) is 3. The van der Waals surface area contributed by atoms with Gasteiger partial charge in [-0.25, -0.2) is 0 Å². The largest absolute Gasteiger partial charge is 0.472 e. The number of hydrogen-bond acceptors (Lipinski definition) is 4. The van der Waals surface area contributed by atoms with E-state index in [0.29, 0.717) is 23.2 Å². The van der Waals surface area contributed by atoms with Crippen LogP contribution in [0.3, 0.4) is 0 Å². The van der Waals surface area contributed by atoms with Crippen LogP contribution >= 0.6 is 0 Å². The standard InChI is InChI=1S/C14H14N2O4/c17-9-15-7-13(18)10-2-1-3-12(6-10)16-14(19)11-4-5-20-8-11/h1-6,8-9,13,18H,7H2,(H,15,17)(H,16,19). The van der Waals surface area contributed by atoms with E-state index in [1.54, 1.807) is 30.3 Å². The van der Waals surface area contributed by atoms with Gasteiger partial charge in [0, 0.05) is 12.2 Å². The van der Waals surface area contributed by atoms with Gasteiger partial charge >= 0.3 is 0 Å². The van der Waals surface area contributed by atoms with Crippen LogP contribution in [0.5, 0.6) is 0 Å². The van der Waals surface area contributed by atoms with Crippen molar-refractivity contribution in [3.8, 4) is 0 Å². The van der Waals surface area contributed by atoms with E-state index in [9.17, 15) is 14.7 Å². The van der Waals surface area contributed by atoms with Crippen LogP contribution in [-0.2, 0) is 4.79 Å². The Morgan fingerprint density at radius 2 is 2.25 bits per heavy atom. The number of aliphatic hydroxyl groups excluding tert-OH is 1. The molecular formula is C14H14N2O4. The minimum absolute atomic E-state index is 0.114. The molecule has 1 aromatic carbocycles. The Bertz CT molecular complexity index is 581. The van der Waals surface area contributed by atoms with E-state index in [-0.39, 0.29) is 12.5 Å². The summed E-state index contributed by atoms with van der Waals surface area (Å²) >= 11 is 0. The lowest BCUT2D eigenvalue weighted by molar-refractivity contribution is -0.109. The van der Waals surface area contributed by atoms with Crippen molar-refractivity contribution in [2.45, 2.75) is 6.10 Å². The Labute approximate surface area is 115 Å². The summed E-state index contributed by atoms with van der Waals surface area (Å²) in [5, 5.41) is 14.9. The second-order valence-electron chi connectivity index (χ2n) is 4.13. The molecule has 0 aliphatic rings. The van der Waals surface area contributed by atoms with Gasteiger partial charge in [-0.15, -0.1) is 0 Å². The van der Waals surface area contributed by atoms with Crippen LogP contribution in [0.2, 0.25) is 0 Å². The number of aliphatic hydroxyl groups is 1. The van der Waals surface area contributed by atoms with E-state index >= 15 is 0 Å². The zero-order valence-electron chi connectivity index (χ0n) is 10.6. The molecular weight excluding hydrogens is 260 g/mol. The Morgan fingerprint density at radius 1 is 1.40 bits per heavy atom. The van der Waals surface area contributed by atoms with Gasteiger partial charge < -0.3 is 20.2 Å². The maximum atomic E-state index is 11.8. The first-order valence-electron chi connectivity index (χ1n) is 5.99. The molecule has 1 unspecified atom stereocenters. The van der Waals surface area contributed by atoms with E-state index in [4.69, 9.17) is 4.42 Å². The summed E-state index contributed by atoms with van der Waals surface area (Å²) < 4.78 is 4.84. The average molecular weight is 274 g/mol. The molecule has 2 amide bonds. The molecule has 0 aliphatic heterocycles. The molecule has 0 aliphatic carbocycles. The van der Waals surface area contributed by atoms with Gasteiger partial charge in [-0.1, -0.05) is 12.1 Å². The van der Waals surface area contributed by atoms with E-state index in [1.807, 2.05) is 0 Å². The molecule has 6 heteroatoms. The van der Waals surface area contributed by atoms with Gasteiger partial charge in [-0.3, -0.25) is 9.59 Å². The van der Waals surface area contributed by atoms with Crippen LogP contribution in [0.4, 0.5) is 5.69 Å². The van der Waals surface area contributed by atoms with Crippen molar-refractivity contribution in [3.05, 3.63) is 54.0 Å². The molecule has 2 aromatic rings. The Hall–Kier alpha value is -2.60. The highest BCUT2D eigenvalue weighted by Gasteiger charge is 2.10. The quantitative estimate of drug-likeness (QED) is 0.693. The van der Waals surface area contributed by atoms with Crippen LogP contribution < -0.4 is 10.6 Å². The molecule has 6 nitrogen and oxygen atoms in total. The van der Waals surface area contributed by atoms with Crippen molar-refractivity contribution in [1.29, 1.82) is 0 Å². The van der Waals surface area contributed by atoms with Gasteiger partial charge in [-0.2, -0.15) is 0 Å². The zero-order valence-corrected chi connectivity index (χ0v) is 10.6.